The summed E-state index contributed by atoms with van der Waals surface area (Å²) in [6.45, 7) is 0. The number of hydrogen-bond acceptors (Lipinski definition) is 5. The summed E-state index contributed by atoms with van der Waals surface area (Å²) in [5.41, 5.74) is 2.69. The maximum Gasteiger partial charge on any atom is 0.259 e. The quantitative estimate of drug-likeness (QED) is 0.409. The molecular weight excluding hydrogens is 388 g/mol. The van der Waals surface area contributed by atoms with E-state index in [0.717, 1.165) is 46.1 Å². The van der Waals surface area contributed by atoms with Gasteiger partial charge in [-0.1, -0.05) is 12.5 Å². The van der Waals surface area contributed by atoms with Gasteiger partial charge >= 0.3 is 0 Å². The first-order chi connectivity index (χ1) is 13.7. The lowest BCUT2D eigenvalue weighted by Crippen LogP contribution is -2.13. The summed E-state index contributed by atoms with van der Waals surface area (Å²) in [6.07, 6.45) is 7.37. The van der Waals surface area contributed by atoms with Crippen LogP contribution in [0.1, 0.15) is 44.9 Å². The van der Waals surface area contributed by atoms with Crippen LogP contribution < -0.4 is 10.1 Å². The lowest BCUT2D eigenvalue weighted by molar-refractivity contribution is 0.102. The number of nitrogens with one attached hydrogen (secondary N) is 1. The van der Waals surface area contributed by atoms with E-state index in [0.29, 0.717) is 0 Å². The summed E-state index contributed by atoms with van der Waals surface area (Å²) in [7, 11) is 1.63. The second-order valence-corrected chi connectivity index (χ2v) is 8.76. The van der Waals surface area contributed by atoms with E-state index in [1.165, 1.54) is 23.3 Å². The van der Waals surface area contributed by atoms with Crippen molar-refractivity contribution >= 4 is 45.5 Å². The van der Waals surface area contributed by atoms with Crippen molar-refractivity contribution in [3.63, 3.8) is 0 Å². The molecule has 28 heavy (non-hydrogen) atoms. The van der Waals surface area contributed by atoms with E-state index in [4.69, 9.17) is 9.73 Å². The molecule has 0 unspecified atom stereocenters. The van der Waals surface area contributed by atoms with Crippen molar-refractivity contribution in [1.82, 2.24) is 0 Å². The number of nitrogens with zero attached hydrogens (tertiary/aromatic N) is 1. The number of aryl methyl sites for hydroxylation is 1. The number of methoxy groups -OCH3 is 1. The monoisotopic (exact) mass is 410 g/mol. The van der Waals surface area contributed by atoms with Crippen LogP contribution in [0.4, 0.5) is 10.7 Å². The molecule has 0 atom stereocenters. The number of thiophene rings is 2. The molecule has 1 aliphatic rings. The first-order valence-electron chi connectivity index (χ1n) is 9.42. The van der Waals surface area contributed by atoms with E-state index in [9.17, 15) is 4.79 Å². The third-order valence-corrected chi connectivity index (χ3v) is 6.84. The van der Waals surface area contributed by atoms with Gasteiger partial charge in [0.25, 0.3) is 5.91 Å². The zero-order valence-electron chi connectivity index (χ0n) is 15.7. The molecule has 0 saturated heterocycles. The molecule has 0 bridgehead atoms. The molecule has 2 heterocycles. The number of aliphatic imine (C=N–C) groups is 1. The summed E-state index contributed by atoms with van der Waals surface area (Å²) in [4.78, 5) is 20.3. The Morgan fingerprint density at radius 1 is 1.14 bits per heavy atom. The number of anilines is 1. The van der Waals surface area contributed by atoms with Crippen LogP contribution in [-0.4, -0.2) is 19.2 Å². The predicted molar refractivity (Wildman–Crippen MR) is 118 cm³/mol. The van der Waals surface area contributed by atoms with E-state index in [1.807, 2.05) is 48.0 Å². The molecule has 4 nitrogen and oxygen atoms in total. The van der Waals surface area contributed by atoms with Crippen molar-refractivity contribution in [2.75, 3.05) is 12.4 Å². The third-order valence-electron chi connectivity index (χ3n) is 4.83. The normalized spacial score (nSPS) is 13.9. The van der Waals surface area contributed by atoms with Crippen molar-refractivity contribution in [2.24, 2.45) is 4.99 Å². The highest BCUT2D eigenvalue weighted by molar-refractivity contribution is 7.16. The highest BCUT2D eigenvalue weighted by Gasteiger charge is 2.24. The predicted octanol–water partition coefficient (Wildman–Crippen LogP) is 6.09. The van der Waals surface area contributed by atoms with Crippen molar-refractivity contribution in [1.29, 1.82) is 0 Å². The molecular formula is C22H22N2O2S2. The molecule has 2 aromatic heterocycles. The molecule has 1 aromatic carbocycles. The summed E-state index contributed by atoms with van der Waals surface area (Å²) in [6, 6.07) is 11.4. The molecule has 1 amide bonds. The third kappa shape index (κ3) is 4.18. The number of carbonyl (C=O) groups is 1. The maximum absolute atomic E-state index is 13.2. The number of rotatable bonds is 5. The van der Waals surface area contributed by atoms with Crippen LogP contribution in [-0.2, 0) is 12.8 Å². The molecule has 0 fully saturated rings. The molecule has 6 heteroatoms. The van der Waals surface area contributed by atoms with Gasteiger partial charge in [-0.3, -0.25) is 4.79 Å². The Morgan fingerprint density at radius 3 is 2.71 bits per heavy atom. The Morgan fingerprint density at radius 2 is 1.96 bits per heavy atom. The minimum Gasteiger partial charge on any atom is -0.497 e. The average molecular weight is 411 g/mol. The molecule has 1 aliphatic carbocycles. The van der Waals surface area contributed by atoms with Gasteiger partial charge in [0.1, 0.15) is 10.8 Å². The Kier molecular flexibility index (Phi) is 5.88. The molecule has 0 aliphatic heterocycles. The Balaban J connectivity index is 1.66. The largest absolute Gasteiger partial charge is 0.497 e. The number of amides is 1. The summed E-state index contributed by atoms with van der Waals surface area (Å²) in [5.74, 6) is 0.687. The van der Waals surface area contributed by atoms with Crippen molar-refractivity contribution in [3.8, 4) is 5.75 Å². The van der Waals surface area contributed by atoms with E-state index in [2.05, 4.69) is 5.32 Å². The van der Waals surface area contributed by atoms with Gasteiger partial charge in [-0.05, 0) is 67.0 Å². The first kappa shape index (κ1) is 18.9. The first-order valence-corrected chi connectivity index (χ1v) is 11.1. The fourth-order valence-electron chi connectivity index (χ4n) is 3.41. The molecule has 1 N–H and O–H groups in total. The highest BCUT2D eigenvalue weighted by Crippen LogP contribution is 2.39. The van der Waals surface area contributed by atoms with Crippen LogP contribution in [0.2, 0.25) is 0 Å². The Labute approximate surface area is 172 Å². The van der Waals surface area contributed by atoms with Crippen LogP contribution in [0.3, 0.4) is 0 Å². The van der Waals surface area contributed by atoms with Crippen LogP contribution in [0.5, 0.6) is 5.75 Å². The van der Waals surface area contributed by atoms with Gasteiger partial charge < -0.3 is 10.1 Å². The standard InChI is InChI=1S/C22H22N2O2S2/c1-26-16-11-9-15(10-12-16)24-21(25)20-18-7-3-2-4-8-19(18)28-22(20)23-14-17-6-5-13-27-17/h5-6,9-14H,2-4,7-8H2,1H3,(H,24,25). The minimum absolute atomic E-state index is 0.0807. The smallest absolute Gasteiger partial charge is 0.259 e. The molecule has 4 rings (SSSR count). The van der Waals surface area contributed by atoms with Crippen molar-refractivity contribution in [2.45, 2.75) is 32.1 Å². The second-order valence-electron chi connectivity index (χ2n) is 6.70. The second kappa shape index (κ2) is 8.71. The van der Waals surface area contributed by atoms with Crippen LogP contribution >= 0.6 is 22.7 Å². The minimum atomic E-state index is -0.0807. The number of fused-ring (bicyclic) bond motifs is 1. The topological polar surface area (TPSA) is 50.7 Å². The fraction of sp³-hybridized carbons (Fsp3) is 0.273. The number of hydrogen-bond donors (Lipinski definition) is 1. The summed E-state index contributed by atoms with van der Waals surface area (Å²) < 4.78 is 5.19. The van der Waals surface area contributed by atoms with Gasteiger partial charge in [0.2, 0.25) is 0 Å². The van der Waals surface area contributed by atoms with E-state index in [-0.39, 0.29) is 5.91 Å². The van der Waals surface area contributed by atoms with Gasteiger partial charge in [-0.15, -0.1) is 22.7 Å². The van der Waals surface area contributed by atoms with Gasteiger partial charge in [0, 0.05) is 21.7 Å². The fourth-order valence-corrected chi connectivity index (χ4v) is 5.22. The number of ether oxygens (including phenoxy) is 1. The van der Waals surface area contributed by atoms with Crippen molar-refractivity contribution in [3.05, 3.63) is 62.7 Å². The van der Waals surface area contributed by atoms with Crippen LogP contribution in [0.25, 0.3) is 0 Å². The number of carbonyl (C=O) groups excluding carboxylic acids is 1. The van der Waals surface area contributed by atoms with E-state index < -0.39 is 0 Å². The van der Waals surface area contributed by atoms with Gasteiger partial charge in [0.05, 0.1) is 12.7 Å². The van der Waals surface area contributed by atoms with Crippen LogP contribution in [0.15, 0.2) is 46.8 Å². The zero-order chi connectivity index (χ0) is 19.3. The molecule has 0 radical (unpaired) electrons. The Hall–Kier alpha value is -2.44. The zero-order valence-corrected chi connectivity index (χ0v) is 17.4. The van der Waals surface area contributed by atoms with Gasteiger partial charge in [-0.2, -0.15) is 0 Å². The maximum atomic E-state index is 13.2. The lowest BCUT2D eigenvalue weighted by Gasteiger charge is -2.08. The summed E-state index contributed by atoms with van der Waals surface area (Å²) in [5, 5.41) is 5.88. The Bertz CT molecular complexity index is 973. The molecule has 144 valence electrons. The van der Waals surface area contributed by atoms with E-state index >= 15 is 0 Å². The summed E-state index contributed by atoms with van der Waals surface area (Å²) >= 11 is 3.31. The van der Waals surface area contributed by atoms with E-state index in [1.54, 1.807) is 29.8 Å². The number of benzene rings is 1. The SMILES string of the molecule is COc1ccc(NC(=O)c2c(N=Cc3cccs3)sc3c2CCCCC3)cc1. The van der Waals surface area contributed by atoms with Gasteiger partial charge in [-0.25, -0.2) is 4.99 Å². The lowest BCUT2D eigenvalue weighted by atomic mass is 10.0. The average Bonchev–Trinajstić information content (AvgIpc) is 3.29. The molecule has 0 saturated carbocycles. The van der Waals surface area contributed by atoms with Gasteiger partial charge in [0.15, 0.2) is 0 Å². The van der Waals surface area contributed by atoms with Crippen molar-refractivity contribution < 1.29 is 9.53 Å². The molecule has 0 spiro atoms. The highest BCUT2D eigenvalue weighted by atomic mass is 32.1. The van der Waals surface area contributed by atoms with Crippen LogP contribution in [0, 0.1) is 0 Å². The molecule has 3 aromatic rings.